The van der Waals surface area contributed by atoms with Crippen LogP contribution < -0.4 is 5.32 Å². The second-order valence-electron chi connectivity index (χ2n) is 6.30. The Kier molecular flexibility index (Phi) is 3.98. The Morgan fingerprint density at radius 3 is 2.72 bits per heavy atom. The predicted molar refractivity (Wildman–Crippen MR) is 104 cm³/mol. The third kappa shape index (κ3) is 3.01. The van der Waals surface area contributed by atoms with Crippen LogP contribution in [-0.2, 0) is 11.2 Å². The summed E-state index contributed by atoms with van der Waals surface area (Å²) >= 11 is 1.45. The first-order chi connectivity index (χ1) is 12.1. The van der Waals surface area contributed by atoms with Crippen LogP contribution in [0.2, 0.25) is 0 Å². The lowest BCUT2D eigenvalue weighted by atomic mass is 10.0. The van der Waals surface area contributed by atoms with Crippen molar-refractivity contribution in [3.8, 4) is 11.3 Å². The van der Waals surface area contributed by atoms with Gasteiger partial charge in [-0.05, 0) is 30.5 Å². The molecular weight excluding hydrogens is 328 g/mol. The van der Waals surface area contributed by atoms with E-state index in [1.807, 2.05) is 42.6 Å². The first-order valence-corrected chi connectivity index (χ1v) is 9.12. The van der Waals surface area contributed by atoms with E-state index in [1.54, 1.807) is 0 Å². The highest BCUT2D eigenvalue weighted by Crippen LogP contribution is 2.34. The Labute approximate surface area is 151 Å². The van der Waals surface area contributed by atoms with Gasteiger partial charge in [-0.15, -0.1) is 11.3 Å². The van der Waals surface area contributed by atoms with Gasteiger partial charge in [0.05, 0.1) is 5.69 Å². The monoisotopic (exact) mass is 346 g/mol. The van der Waals surface area contributed by atoms with E-state index in [1.165, 1.54) is 28.0 Å². The van der Waals surface area contributed by atoms with E-state index >= 15 is 0 Å². The van der Waals surface area contributed by atoms with Crippen LogP contribution in [0, 0.1) is 6.92 Å². The highest BCUT2D eigenvalue weighted by molar-refractivity contribution is 7.14. The van der Waals surface area contributed by atoms with Crippen molar-refractivity contribution in [2.75, 3.05) is 5.32 Å². The SMILES string of the molecule is CC1=C(C(=O)Nc2nc(-c3ccccc3)cs2)Cc2cc(C)ccc21. The van der Waals surface area contributed by atoms with E-state index in [2.05, 4.69) is 35.4 Å². The minimum Gasteiger partial charge on any atom is -0.298 e. The molecule has 1 amide bonds. The fourth-order valence-electron chi connectivity index (χ4n) is 3.22. The van der Waals surface area contributed by atoms with Crippen LogP contribution in [0.5, 0.6) is 0 Å². The molecule has 1 aromatic heterocycles. The topological polar surface area (TPSA) is 42.0 Å². The number of hydrogen-bond donors (Lipinski definition) is 1. The second-order valence-corrected chi connectivity index (χ2v) is 7.16. The number of nitrogens with zero attached hydrogens (tertiary/aromatic N) is 1. The third-order valence-corrected chi connectivity index (χ3v) is 5.31. The Balaban J connectivity index is 1.54. The molecule has 1 aliphatic rings. The van der Waals surface area contributed by atoms with E-state index < -0.39 is 0 Å². The summed E-state index contributed by atoms with van der Waals surface area (Å²) in [5.74, 6) is -0.0553. The van der Waals surface area contributed by atoms with Crippen LogP contribution in [0.3, 0.4) is 0 Å². The van der Waals surface area contributed by atoms with E-state index in [0.717, 1.165) is 22.4 Å². The molecule has 0 fully saturated rings. The molecule has 3 aromatic rings. The van der Waals surface area contributed by atoms with E-state index in [-0.39, 0.29) is 5.91 Å². The standard InChI is InChI=1S/C21H18N2OS/c1-13-8-9-17-14(2)18(11-16(17)10-13)20(24)23-21-22-19(12-25-21)15-6-4-3-5-7-15/h3-10,12H,11H2,1-2H3,(H,22,23,24). The zero-order chi connectivity index (χ0) is 17.4. The first kappa shape index (κ1) is 15.8. The quantitative estimate of drug-likeness (QED) is 0.718. The third-order valence-electron chi connectivity index (χ3n) is 4.55. The van der Waals surface area contributed by atoms with Crippen molar-refractivity contribution in [3.63, 3.8) is 0 Å². The average Bonchev–Trinajstić information content (AvgIpc) is 3.20. The van der Waals surface area contributed by atoms with Crippen LogP contribution in [0.4, 0.5) is 5.13 Å². The number of aromatic nitrogens is 1. The van der Waals surface area contributed by atoms with E-state index in [0.29, 0.717) is 11.6 Å². The molecule has 4 heteroatoms. The Bertz CT molecular complexity index is 986. The lowest BCUT2D eigenvalue weighted by molar-refractivity contribution is -0.112. The van der Waals surface area contributed by atoms with Gasteiger partial charge in [-0.3, -0.25) is 10.1 Å². The largest absolute Gasteiger partial charge is 0.298 e. The zero-order valence-corrected chi connectivity index (χ0v) is 15.0. The molecule has 0 spiro atoms. The molecule has 2 aromatic carbocycles. The molecule has 1 heterocycles. The molecule has 0 saturated heterocycles. The second kappa shape index (κ2) is 6.30. The van der Waals surface area contributed by atoms with Gasteiger partial charge in [-0.25, -0.2) is 4.98 Å². The van der Waals surface area contributed by atoms with Crippen molar-refractivity contribution < 1.29 is 4.79 Å². The van der Waals surface area contributed by atoms with Crippen molar-refractivity contribution in [1.29, 1.82) is 0 Å². The van der Waals surface area contributed by atoms with Crippen LogP contribution in [0.15, 0.2) is 59.5 Å². The number of allylic oxidation sites excluding steroid dienone is 1. The van der Waals surface area contributed by atoms with Crippen molar-refractivity contribution >= 4 is 27.9 Å². The number of carbonyl (C=O) groups is 1. The Morgan fingerprint density at radius 1 is 1.12 bits per heavy atom. The van der Waals surface area contributed by atoms with Crippen molar-refractivity contribution in [2.24, 2.45) is 0 Å². The van der Waals surface area contributed by atoms with Crippen molar-refractivity contribution in [1.82, 2.24) is 4.98 Å². The number of nitrogens with one attached hydrogen (secondary N) is 1. The van der Waals surface area contributed by atoms with E-state index in [9.17, 15) is 4.79 Å². The summed E-state index contributed by atoms with van der Waals surface area (Å²) in [6, 6.07) is 16.3. The summed E-state index contributed by atoms with van der Waals surface area (Å²) in [6.45, 7) is 4.10. The zero-order valence-electron chi connectivity index (χ0n) is 14.2. The maximum Gasteiger partial charge on any atom is 0.253 e. The number of anilines is 1. The average molecular weight is 346 g/mol. The summed E-state index contributed by atoms with van der Waals surface area (Å²) in [6.07, 6.45) is 0.686. The van der Waals surface area contributed by atoms with Gasteiger partial charge >= 0.3 is 0 Å². The summed E-state index contributed by atoms with van der Waals surface area (Å²) in [7, 11) is 0. The summed E-state index contributed by atoms with van der Waals surface area (Å²) in [5.41, 5.74) is 7.46. The first-order valence-electron chi connectivity index (χ1n) is 8.24. The van der Waals surface area contributed by atoms with Gasteiger partial charge in [0, 0.05) is 22.9 Å². The number of thiazole rings is 1. The van der Waals surface area contributed by atoms with Crippen LogP contribution >= 0.6 is 11.3 Å². The molecular formula is C21H18N2OS. The molecule has 1 N–H and O–H groups in total. The number of amides is 1. The summed E-state index contributed by atoms with van der Waals surface area (Å²) in [5, 5.41) is 5.57. The molecule has 0 saturated carbocycles. The van der Waals surface area contributed by atoms with Crippen LogP contribution in [0.1, 0.15) is 23.6 Å². The van der Waals surface area contributed by atoms with Gasteiger partial charge in [0.25, 0.3) is 5.91 Å². The van der Waals surface area contributed by atoms with Crippen LogP contribution in [-0.4, -0.2) is 10.9 Å². The van der Waals surface area contributed by atoms with Gasteiger partial charge in [-0.1, -0.05) is 54.1 Å². The summed E-state index contributed by atoms with van der Waals surface area (Å²) in [4.78, 5) is 17.3. The number of aryl methyl sites for hydroxylation is 1. The lowest BCUT2D eigenvalue weighted by Gasteiger charge is -2.04. The van der Waals surface area contributed by atoms with E-state index in [4.69, 9.17) is 0 Å². The highest BCUT2D eigenvalue weighted by Gasteiger charge is 2.24. The predicted octanol–water partition coefficient (Wildman–Crippen LogP) is 5.09. The molecule has 0 radical (unpaired) electrons. The number of benzene rings is 2. The van der Waals surface area contributed by atoms with Crippen LogP contribution in [0.25, 0.3) is 16.8 Å². The molecule has 3 nitrogen and oxygen atoms in total. The molecule has 0 bridgehead atoms. The Morgan fingerprint density at radius 2 is 1.92 bits per heavy atom. The van der Waals surface area contributed by atoms with Gasteiger partial charge in [0.2, 0.25) is 0 Å². The van der Waals surface area contributed by atoms with Crippen molar-refractivity contribution in [2.45, 2.75) is 20.3 Å². The van der Waals surface area contributed by atoms with Gasteiger partial charge < -0.3 is 0 Å². The normalized spacial score (nSPS) is 13.0. The molecule has 124 valence electrons. The fraction of sp³-hybridized carbons (Fsp3) is 0.143. The molecule has 0 unspecified atom stereocenters. The minimum atomic E-state index is -0.0553. The van der Waals surface area contributed by atoms with Crippen molar-refractivity contribution in [3.05, 3.63) is 76.2 Å². The number of hydrogen-bond acceptors (Lipinski definition) is 3. The fourth-order valence-corrected chi connectivity index (χ4v) is 3.93. The lowest BCUT2D eigenvalue weighted by Crippen LogP contribution is -2.15. The number of fused-ring (bicyclic) bond motifs is 1. The maximum atomic E-state index is 12.7. The van der Waals surface area contributed by atoms with Gasteiger partial charge in [0.15, 0.2) is 5.13 Å². The summed E-state index contributed by atoms with van der Waals surface area (Å²) < 4.78 is 0. The number of carbonyl (C=O) groups excluding carboxylic acids is 1. The minimum absolute atomic E-state index is 0.0553. The molecule has 0 aliphatic heterocycles. The molecule has 4 rings (SSSR count). The maximum absolute atomic E-state index is 12.7. The number of rotatable bonds is 3. The highest BCUT2D eigenvalue weighted by atomic mass is 32.1. The molecule has 1 aliphatic carbocycles. The smallest absolute Gasteiger partial charge is 0.253 e. The van der Waals surface area contributed by atoms with Gasteiger partial charge in [-0.2, -0.15) is 0 Å². The molecule has 25 heavy (non-hydrogen) atoms. The Hall–Kier alpha value is -2.72. The molecule has 0 atom stereocenters. The van der Waals surface area contributed by atoms with Gasteiger partial charge in [0.1, 0.15) is 0 Å².